The van der Waals surface area contributed by atoms with E-state index in [0.717, 1.165) is 33.6 Å². The molecule has 0 radical (unpaired) electrons. The second kappa shape index (κ2) is 13.9. The molecule has 0 aliphatic heterocycles. The third-order valence-electron chi connectivity index (χ3n) is 6.84. The fourth-order valence-corrected chi connectivity index (χ4v) is 13.2. The SMILES string of the molecule is CC(C)COS(=O)(=O)c1c(Cl)sc(Cl)c1P(C(c1ccccc1)c1ccccc1)C(c1ccccc1)c1ccccc1. The van der Waals surface area contributed by atoms with Crippen molar-refractivity contribution in [1.29, 1.82) is 0 Å². The Morgan fingerprint density at radius 2 is 1.00 bits per heavy atom. The molecule has 0 bridgehead atoms. The molecule has 3 nitrogen and oxygen atoms in total. The van der Waals surface area contributed by atoms with Gasteiger partial charge in [-0.1, -0.05) is 158 Å². The smallest absolute Gasteiger partial charge is 0.266 e. The molecule has 0 fully saturated rings. The topological polar surface area (TPSA) is 43.4 Å². The van der Waals surface area contributed by atoms with Gasteiger partial charge in [-0.05, 0) is 36.1 Å². The zero-order valence-corrected chi connectivity index (χ0v) is 27.3. The fourth-order valence-electron chi connectivity index (χ4n) is 5.05. The summed E-state index contributed by atoms with van der Waals surface area (Å²) >= 11 is 14.9. The fraction of sp³-hybridized carbons (Fsp3) is 0.176. The Balaban J connectivity index is 1.88. The summed E-state index contributed by atoms with van der Waals surface area (Å²) in [6.45, 7) is 3.87. The van der Waals surface area contributed by atoms with Crippen LogP contribution in [0.2, 0.25) is 8.67 Å². The average molecular weight is 654 g/mol. The third kappa shape index (κ3) is 6.83. The quantitative estimate of drug-likeness (QED) is 0.105. The maximum absolute atomic E-state index is 13.9. The number of benzene rings is 4. The monoisotopic (exact) mass is 652 g/mol. The van der Waals surface area contributed by atoms with Crippen LogP contribution in [0.4, 0.5) is 0 Å². The molecule has 4 aromatic carbocycles. The third-order valence-corrected chi connectivity index (χ3v) is 13.7. The molecule has 0 spiro atoms. The Hall–Kier alpha value is -2.50. The molecule has 8 heteroatoms. The van der Waals surface area contributed by atoms with E-state index in [1.165, 1.54) is 0 Å². The summed E-state index contributed by atoms with van der Waals surface area (Å²) in [5.74, 6) is 0.0143. The highest BCUT2D eigenvalue weighted by Crippen LogP contribution is 2.67. The van der Waals surface area contributed by atoms with Gasteiger partial charge in [0.25, 0.3) is 10.1 Å². The maximum atomic E-state index is 13.9. The van der Waals surface area contributed by atoms with E-state index in [-0.39, 0.29) is 33.1 Å². The summed E-state index contributed by atoms with van der Waals surface area (Å²) in [6.07, 6.45) is 0. The Bertz CT molecular complexity index is 1530. The van der Waals surface area contributed by atoms with Crippen LogP contribution in [0.3, 0.4) is 0 Å². The van der Waals surface area contributed by atoms with E-state index in [0.29, 0.717) is 9.64 Å². The van der Waals surface area contributed by atoms with Crippen molar-refractivity contribution in [3.8, 4) is 0 Å². The first kappa shape index (κ1) is 30.9. The molecule has 216 valence electrons. The molecule has 5 aromatic rings. The summed E-state index contributed by atoms with van der Waals surface area (Å²) in [5.41, 5.74) is 3.84. The predicted molar refractivity (Wildman–Crippen MR) is 178 cm³/mol. The van der Waals surface area contributed by atoms with Crippen LogP contribution in [0.1, 0.15) is 47.4 Å². The minimum atomic E-state index is -4.23. The zero-order chi connectivity index (χ0) is 29.7. The predicted octanol–water partition coefficient (Wildman–Crippen LogP) is 10.1. The molecule has 0 aliphatic rings. The Morgan fingerprint density at radius 1 is 0.643 bits per heavy atom. The maximum Gasteiger partial charge on any atom is 0.300 e. The number of hydrogen-bond acceptors (Lipinski definition) is 4. The molecule has 0 unspecified atom stereocenters. The van der Waals surface area contributed by atoms with Crippen LogP contribution < -0.4 is 5.30 Å². The van der Waals surface area contributed by atoms with Crippen molar-refractivity contribution in [3.63, 3.8) is 0 Å². The van der Waals surface area contributed by atoms with Gasteiger partial charge >= 0.3 is 0 Å². The van der Waals surface area contributed by atoms with Crippen molar-refractivity contribution in [1.82, 2.24) is 0 Å². The lowest BCUT2D eigenvalue weighted by atomic mass is 10.0. The van der Waals surface area contributed by atoms with Gasteiger partial charge in [-0.25, -0.2) is 0 Å². The van der Waals surface area contributed by atoms with Crippen molar-refractivity contribution in [3.05, 3.63) is 152 Å². The van der Waals surface area contributed by atoms with E-state index in [2.05, 4.69) is 48.5 Å². The van der Waals surface area contributed by atoms with Gasteiger partial charge in [-0.15, -0.1) is 11.3 Å². The average Bonchev–Trinajstić information content (AvgIpc) is 3.31. The van der Waals surface area contributed by atoms with E-state index in [1.807, 2.05) is 86.6 Å². The molecular weight excluding hydrogens is 622 g/mol. The van der Waals surface area contributed by atoms with Gasteiger partial charge in [-0.2, -0.15) is 8.42 Å². The summed E-state index contributed by atoms with van der Waals surface area (Å²) < 4.78 is 34.0. The first-order valence-electron chi connectivity index (χ1n) is 13.6. The minimum absolute atomic E-state index is 0.0142. The molecule has 5 rings (SSSR count). The van der Waals surface area contributed by atoms with Crippen molar-refractivity contribution < 1.29 is 12.6 Å². The van der Waals surface area contributed by atoms with Crippen LogP contribution in [0.5, 0.6) is 0 Å². The van der Waals surface area contributed by atoms with Crippen molar-refractivity contribution >= 4 is 57.9 Å². The van der Waals surface area contributed by atoms with Crippen LogP contribution in [0, 0.1) is 5.92 Å². The molecule has 42 heavy (non-hydrogen) atoms. The molecule has 0 N–H and O–H groups in total. The van der Waals surface area contributed by atoms with E-state index < -0.39 is 18.0 Å². The lowest BCUT2D eigenvalue weighted by Gasteiger charge is -2.36. The van der Waals surface area contributed by atoms with Gasteiger partial charge in [-0.3, -0.25) is 4.18 Å². The number of halogens is 2. The first-order chi connectivity index (χ1) is 20.3. The molecule has 0 amide bonds. The number of hydrogen-bond donors (Lipinski definition) is 0. The number of rotatable bonds is 11. The molecule has 1 aromatic heterocycles. The van der Waals surface area contributed by atoms with Crippen LogP contribution in [-0.4, -0.2) is 15.0 Å². The summed E-state index contributed by atoms with van der Waals surface area (Å²) in [5, 5.41) is 0.542. The Morgan fingerprint density at radius 3 is 1.33 bits per heavy atom. The van der Waals surface area contributed by atoms with Gasteiger partial charge in [0.05, 0.1) is 6.61 Å². The molecule has 0 saturated carbocycles. The van der Waals surface area contributed by atoms with Crippen molar-refractivity contribution in [2.75, 3.05) is 6.61 Å². The second-order valence-corrected chi connectivity index (χ2v) is 16.4. The molecule has 0 saturated heterocycles. The Kier molecular flexibility index (Phi) is 10.2. The molecule has 0 aliphatic carbocycles. The first-order valence-corrected chi connectivity index (χ1v) is 18.1. The highest BCUT2D eigenvalue weighted by molar-refractivity contribution is 7.88. The standard InChI is InChI=1S/C34H31Cl2O3PS2/c1-24(2)23-39-42(37,38)32-31(33(35)41-34(32)36)40(29(25-15-7-3-8-16-25)26-17-9-4-10-18-26)30(27-19-11-5-12-20-27)28-21-13-6-14-22-28/h3-22,24,29-30H,23H2,1-2H3. The van der Waals surface area contributed by atoms with Gasteiger partial charge in [0.1, 0.15) is 13.6 Å². The van der Waals surface area contributed by atoms with E-state index in [4.69, 9.17) is 27.4 Å². The normalized spacial score (nSPS) is 12.1. The lowest BCUT2D eigenvalue weighted by molar-refractivity contribution is 0.275. The van der Waals surface area contributed by atoms with Crippen LogP contribution in [0.15, 0.2) is 126 Å². The largest absolute Gasteiger partial charge is 0.300 e. The van der Waals surface area contributed by atoms with Crippen molar-refractivity contribution in [2.24, 2.45) is 5.92 Å². The lowest BCUT2D eigenvalue weighted by Crippen LogP contribution is -2.22. The van der Waals surface area contributed by atoms with Gasteiger partial charge < -0.3 is 0 Å². The van der Waals surface area contributed by atoms with Crippen LogP contribution >= 0.6 is 42.5 Å². The summed E-state index contributed by atoms with van der Waals surface area (Å²) in [7, 11) is -5.69. The highest BCUT2D eigenvalue weighted by Gasteiger charge is 2.42. The van der Waals surface area contributed by atoms with E-state index in [1.54, 1.807) is 0 Å². The van der Waals surface area contributed by atoms with Crippen LogP contribution in [-0.2, 0) is 14.3 Å². The van der Waals surface area contributed by atoms with Crippen molar-refractivity contribution in [2.45, 2.75) is 30.1 Å². The zero-order valence-electron chi connectivity index (χ0n) is 23.2. The van der Waals surface area contributed by atoms with Gasteiger partial charge in [0.2, 0.25) is 0 Å². The molecule has 0 atom stereocenters. The van der Waals surface area contributed by atoms with Gasteiger partial charge in [0, 0.05) is 16.6 Å². The molecule has 1 heterocycles. The summed E-state index contributed by atoms with van der Waals surface area (Å²) in [6, 6.07) is 40.9. The Labute approximate surface area is 264 Å². The minimum Gasteiger partial charge on any atom is -0.266 e. The second-order valence-electron chi connectivity index (χ2n) is 10.3. The van der Waals surface area contributed by atoms with Crippen LogP contribution in [0.25, 0.3) is 0 Å². The highest BCUT2D eigenvalue weighted by atomic mass is 35.5. The van der Waals surface area contributed by atoms with E-state index in [9.17, 15) is 8.42 Å². The van der Waals surface area contributed by atoms with E-state index >= 15 is 0 Å². The van der Waals surface area contributed by atoms with Gasteiger partial charge in [0.15, 0.2) is 0 Å². The molecular formula is C34H31Cl2O3PS2. The number of thiophene rings is 1. The summed E-state index contributed by atoms with van der Waals surface area (Å²) in [4.78, 5) is -0.0142.